The lowest BCUT2D eigenvalue weighted by Gasteiger charge is -2.22. The maximum atomic E-state index is 12.4. The van der Waals surface area contributed by atoms with Crippen molar-refractivity contribution >= 4 is 11.9 Å². The fraction of sp³-hybridized carbons (Fsp3) is 0.300. The van der Waals surface area contributed by atoms with Crippen molar-refractivity contribution < 1.29 is 9.59 Å². The maximum absolute atomic E-state index is 12.4. The van der Waals surface area contributed by atoms with Crippen LogP contribution in [0.4, 0.5) is 4.79 Å². The van der Waals surface area contributed by atoms with Gasteiger partial charge in [-0.25, -0.2) is 4.79 Å². The molecule has 2 aromatic rings. The lowest BCUT2D eigenvalue weighted by molar-refractivity contribution is 0.1000. The Labute approximate surface area is 148 Å². The first-order chi connectivity index (χ1) is 11.9. The summed E-state index contributed by atoms with van der Waals surface area (Å²) in [4.78, 5) is 25.2. The van der Waals surface area contributed by atoms with E-state index in [1.54, 1.807) is 30.1 Å². The quantitative estimate of drug-likeness (QED) is 0.847. The smallest absolute Gasteiger partial charge is 0.317 e. The lowest BCUT2D eigenvalue weighted by Crippen LogP contribution is -2.38. The molecule has 5 heteroatoms. The highest BCUT2D eigenvalue weighted by atomic mass is 16.2. The second-order valence-corrected chi connectivity index (χ2v) is 6.19. The lowest BCUT2D eigenvalue weighted by atomic mass is 10.1. The van der Waals surface area contributed by atoms with Crippen molar-refractivity contribution in [1.82, 2.24) is 10.2 Å². The molecule has 0 saturated heterocycles. The third kappa shape index (κ3) is 5.08. The number of amides is 3. The van der Waals surface area contributed by atoms with Crippen molar-refractivity contribution in [2.45, 2.75) is 32.9 Å². The molecule has 0 aliphatic heterocycles. The molecule has 0 heterocycles. The second-order valence-electron chi connectivity index (χ2n) is 6.19. The Balaban J connectivity index is 1.97. The molecular formula is C20H25N3O2. The van der Waals surface area contributed by atoms with Gasteiger partial charge in [0, 0.05) is 19.2 Å². The number of nitrogens with zero attached hydrogens (tertiary/aromatic N) is 1. The molecule has 5 nitrogen and oxygen atoms in total. The van der Waals surface area contributed by atoms with Crippen LogP contribution in [0, 0.1) is 0 Å². The molecule has 3 N–H and O–H groups in total. The zero-order valence-electron chi connectivity index (χ0n) is 15.0. The van der Waals surface area contributed by atoms with Crippen LogP contribution in [0.2, 0.25) is 0 Å². The number of nitrogens with one attached hydrogen (secondary N) is 1. The van der Waals surface area contributed by atoms with Crippen LogP contribution >= 0.6 is 0 Å². The van der Waals surface area contributed by atoms with E-state index in [2.05, 4.69) is 24.4 Å². The average Bonchev–Trinajstić information content (AvgIpc) is 2.61. The SMILES string of the molecule is CCc1ccc([C@@H](C)NC(=O)N(C)Cc2cccc(C(N)=O)c2)cc1. The number of carbonyl (C=O) groups excluding carboxylic acids is 2. The van der Waals surface area contributed by atoms with Crippen LogP contribution in [-0.2, 0) is 13.0 Å². The molecule has 0 fully saturated rings. The number of carbonyl (C=O) groups is 2. The Kier molecular flexibility index (Phi) is 6.17. The fourth-order valence-corrected chi connectivity index (χ4v) is 2.59. The van der Waals surface area contributed by atoms with E-state index in [0.717, 1.165) is 17.5 Å². The molecule has 3 amide bonds. The van der Waals surface area contributed by atoms with E-state index < -0.39 is 5.91 Å². The Morgan fingerprint density at radius 1 is 1.12 bits per heavy atom. The highest BCUT2D eigenvalue weighted by molar-refractivity contribution is 5.92. The molecule has 2 aromatic carbocycles. The van der Waals surface area contributed by atoms with Gasteiger partial charge in [-0.2, -0.15) is 0 Å². The number of aryl methyl sites for hydroxylation is 1. The van der Waals surface area contributed by atoms with E-state index in [0.29, 0.717) is 12.1 Å². The summed E-state index contributed by atoms with van der Waals surface area (Å²) in [6, 6.07) is 15.0. The monoisotopic (exact) mass is 339 g/mol. The highest BCUT2D eigenvalue weighted by Gasteiger charge is 2.14. The van der Waals surface area contributed by atoms with Gasteiger partial charge in [0.1, 0.15) is 0 Å². The van der Waals surface area contributed by atoms with Crippen molar-refractivity contribution in [3.63, 3.8) is 0 Å². The molecular weight excluding hydrogens is 314 g/mol. The molecule has 0 bridgehead atoms. The number of rotatable bonds is 6. The Hall–Kier alpha value is -2.82. The van der Waals surface area contributed by atoms with Crippen molar-refractivity contribution in [2.75, 3.05) is 7.05 Å². The van der Waals surface area contributed by atoms with E-state index in [1.807, 2.05) is 25.1 Å². The van der Waals surface area contributed by atoms with Crippen molar-refractivity contribution in [1.29, 1.82) is 0 Å². The van der Waals surface area contributed by atoms with E-state index >= 15 is 0 Å². The second kappa shape index (κ2) is 8.33. The van der Waals surface area contributed by atoms with Gasteiger partial charge in [0.05, 0.1) is 6.04 Å². The number of urea groups is 1. The first-order valence-corrected chi connectivity index (χ1v) is 8.40. The standard InChI is InChI=1S/C20H25N3O2/c1-4-15-8-10-17(11-9-15)14(2)22-20(25)23(3)13-16-6-5-7-18(12-16)19(21)24/h5-12,14H,4,13H2,1-3H3,(H2,21,24)(H,22,25)/t14-/m1/s1. The maximum Gasteiger partial charge on any atom is 0.317 e. The minimum Gasteiger partial charge on any atom is -0.366 e. The molecule has 0 spiro atoms. The summed E-state index contributed by atoms with van der Waals surface area (Å²) in [6.45, 7) is 4.47. The van der Waals surface area contributed by atoms with E-state index in [4.69, 9.17) is 5.73 Å². The molecule has 132 valence electrons. The predicted octanol–water partition coefficient (Wildman–Crippen LogP) is 3.25. The first-order valence-electron chi connectivity index (χ1n) is 8.40. The Morgan fingerprint density at radius 2 is 1.80 bits per heavy atom. The molecule has 0 unspecified atom stereocenters. The molecule has 25 heavy (non-hydrogen) atoms. The van der Waals surface area contributed by atoms with Crippen LogP contribution in [0.15, 0.2) is 48.5 Å². The summed E-state index contributed by atoms with van der Waals surface area (Å²) in [5, 5.41) is 2.99. The summed E-state index contributed by atoms with van der Waals surface area (Å²) in [7, 11) is 1.72. The summed E-state index contributed by atoms with van der Waals surface area (Å²) >= 11 is 0. The Morgan fingerprint density at radius 3 is 2.40 bits per heavy atom. The van der Waals surface area contributed by atoms with Gasteiger partial charge >= 0.3 is 6.03 Å². The number of hydrogen-bond donors (Lipinski definition) is 2. The number of primary amides is 1. The molecule has 0 aromatic heterocycles. The van der Waals surface area contributed by atoms with Gasteiger partial charge in [0.25, 0.3) is 0 Å². The van der Waals surface area contributed by atoms with Crippen LogP contribution < -0.4 is 11.1 Å². The van der Waals surface area contributed by atoms with E-state index in [-0.39, 0.29) is 12.1 Å². The van der Waals surface area contributed by atoms with E-state index in [1.165, 1.54) is 5.56 Å². The van der Waals surface area contributed by atoms with Crippen LogP contribution in [0.5, 0.6) is 0 Å². The molecule has 0 saturated carbocycles. The van der Waals surface area contributed by atoms with Crippen LogP contribution in [-0.4, -0.2) is 23.9 Å². The summed E-state index contributed by atoms with van der Waals surface area (Å²) in [5.74, 6) is -0.474. The minimum absolute atomic E-state index is 0.0854. The summed E-state index contributed by atoms with van der Waals surface area (Å²) < 4.78 is 0. The van der Waals surface area contributed by atoms with Crippen LogP contribution in [0.25, 0.3) is 0 Å². The van der Waals surface area contributed by atoms with Gasteiger partial charge in [-0.15, -0.1) is 0 Å². The van der Waals surface area contributed by atoms with Gasteiger partial charge < -0.3 is 16.0 Å². The Bertz CT molecular complexity index is 741. The van der Waals surface area contributed by atoms with Gasteiger partial charge in [0.15, 0.2) is 0 Å². The largest absolute Gasteiger partial charge is 0.366 e. The van der Waals surface area contributed by atoms with Gasteiger partial charge in [0.2, 0.25) is 5.91 Å². The van der Waals surface area contributed by atoms with Crippen LogP contribution in [0.1, 0.15) is 46.9 Å². The summed E-state index contributed by atoms with van der Waals surface area (Å²) in [5.41, 5.74) is 8.92. The topological polar surface area (TPSA) is 75.4 Å². The normalized spacial score (nSPS) is 11.6. The molecule has 2 rings (SSSR count). The number of nitrogens with two attached hydrogens (primary N) is 1. The molecule has 1 atom stereocenters. The average molecular weight is 339 g/mol. The third-order valence-corrected chi connectivity index (χ3v) is 4.21. The first kappa shape index (κ1) is 18.5. The molecule has 0 aliphatic carbocycles. The van der Waals surface area contributed by atoms with Gasteiger partial charge in [-0.05, 0) is 42.2 Å². The zero-order valence-corrected chi connectivity index (χ0v) is 15.0. The highest BCUT2D eigenvalue weighted by Crippen LogP contribution is 2.14. The summed E-state index contributed by atoms with van der Waals surface area (Å²) in [6.07, 6.45) is 0.994. The minimum atomic E-state index is -0.474. The van der Waals surface area contributed by atoms with Crippen molar-refractivity contribution in [3.05, 3.63) is 70.8 Å². The van der Waals surface area contributed by atoms with Crippen molar-refractivity contribution in [2.24, 2.45) is 5.73 Å². The zero-order chi connectivity index (χ0) is 18.4. The molecule has 0 radical (unpaired) electrons. The number of hydrogen-bond acceptors (Lipinski definition) is 2. The third-order valence-electron chi connectivity index (χ3n) is 4.21. The van der Waals surface area contributed by atoms with E-state index in [9.17, 15) is 9.59 Å². The van der Waals surface area contributed by atoms with Gasteiger partial charge in [-0.1, -0.05) is 43.3 Å². The van der Waals surface area contributed by atoms with Crippen molar-refractivity contribution in [3.8, 4) is 0 Å². The van der Waals surface area contributed by atoms with Gasteiger partial charge in [-0.3, -0.25) is 4.79 Å². The molecule has 0 aliphatic rings. The fourth-order valence-electron chi connectivity index (χ4n) is 2.59. The van der Waals surface area contributed by atoms with Crippen LogP contribution in [0.3, 0.4) is 0 Å². The predicted molar refractivity (Wildman–Crippen MR) is 99.2 cm³/mol. The number of benzene rings is 2.